The summed E-state index contributed by atoms with van der Waals surface area (Å²) in [6, 6.07) is 19.9. The Bertz CT molecular complexity index is 1420. The summed E-state index contributed by atoms with van der Waals surface area (Å²) in [5.41, 5.74) is 6.02. The van der Waals surface area contributed by atoms with Gasteiger partial charge in [-0.25, -0.2) is 4.79 Å². The van der Waals surface area contributed by atoms with Gasteiger partial charge in [0, 0.05) is 36.6 Å². The van der Waals surface area contributed by atoms with Crippen LogP contribution in [0.1, 0.15) is 17.3 Å². The molecule has 5 rings (SSSR count). The number of fused-ring (bicyclic) bond motifs is 2. The standard InChI is InChI=1S/C24H21N5O2/c1-3-29(15-7-5-4-6-8-15)16-9-10-17-21(13-16)28(2)27-23(17)20-14-19-22(26-20)18(24(30)31)11-12-25-19/h4-14,26H,3H2,1-2H3,(H,30,31). The van der Waals surface area contributed by atoms with Gasteiger partial charge < -0.3 is 15.0 Å². The van der Waals surface area contributed by atoms with Crippen LogP contribution >= 0.6 is 0 Å². The number of aromatic nitrogens is 4. The van der Waals surface area contributed by atoms with Crippen molar-refractivity contribution in [3.05, 3.63) is 72.4 Å². The van der Waals surface area contributed by atoms with Gasteiger partial charge >= 0.3 is 5.97 Å². The molecule has 0 aliphatic carbocycles. The highest BCUT2D eigenvalue weighted by Gasteiger charge is 2.18. The monoisotopic (exact) mass is 411 g/mol. The van der Waals surface area contributed by atoms with Crippen LogP contribution in [0.25, 0.3) is 33.3 Å². The number of aryl methyl sites for hydroxylation is 1. The lowest BCUT2D eigenvalue weighted by Gasteiger charge is -2.23. The molecular formula is C24H21N5O2. The summed E-state index contributed by atoms with van der Waals surface area (Å²) in [7, 11) is 1.91. The van der Waals surface area contributed by atoms with Gasteiger partial charge in [0.25, 0.3) is 0 Å². The minimum absolute atomic E-state index is 0.195. The third kappa shape index (κ3) is 3.11. The van der Waals surface area contributed by atoms with E-state index in [2.05, 4.69) is 52.1 Å². The number of aromatic carboxylic acids is 1. The summed E-state index contributed by atoms with van der Waals surface area (Å²) < 4.78 is 1.85. The van der Waals surface area contributed by atoms with Crippen molar-refractivity contribution in [1.82, 2.24) is 19.7 Å². The number of carboxylic acid groups (broad SMARTS) is 1. The van der Waals surface area contributed by atoms with Crippen molar-refractivity contribution < 1.29 is 9.90 Å². The largest absolute Gasteiger partial charge is 0.478 e. The molecule has 5 aromatic rings. The van der Waals surface area contributed by atoms with Crippen LogP contribution in [-0.2, 0) is 7.05 Å². The molecule has 0 saturated heterocycles. The molecule has 3 heterocycles. The zero-order valence-corrected chi connectivity index (χ0v) is 17.2. The summed E-state index contributed by atoms with van der Waals surface area (Å²) in [5, 5.41) is 15.2. The van der Waals surface area contributed by atoms with Gasteiger partial charge in [-0.15, -0.1) is 0 Å². The van der Waals surface area contributed by atoms with Gasteiger partial charge in [0.15, 0.2) is 0 Å². The summed E-state index contributed by atoms with van der Waals surface area (Å²) >= 11 is 0. The second kappa shape index (κ2) is 7.28. The van der Waals surface area contributed by atoms with Crippen LogP contribution in [0.4, 0.5) is 11.4 Å². The van der Waals surface area contributed by atoms with Crippen molar-refractivity contribution in [2.24, 2.45) is 7.05 Å². The molecule has 0 saturated carbocycles. The Labute approximate surface area is 178 Å². The number of benzene rings is 2. The van der Waals surface area contributed by atoms with Gasteiger partial charge in [0.05, 0.1) is 27.8 Å². The van der Waals surface area contributed by atoms with Gasteiger partial charge in [-0.2, -0.15) is 5.10 Å². The first kappa shape index (κ1) is 18.9. The molecule has 0 spiro atoms. The average Bonchev–Trinajstić information content (AvgIpc) is 3.36. The highest BCUT2D eigenvalue weighted by Crippen LogP contribution is 2.34. The normalized spacial score (nSPS) is 11.3. The van der Waals surface area contributed by atoms with Crippen molar-refractivity contribution in [3.8, 4) is 11.4 Å². The molecule has 7 nitrogen and oxygen atoms in total. The molecule has 0 unspecified atom stereocenters. The smallest absolute Gasteiger partial charge is 0.337 e. The second-order valence-electron chi connectivity index (χ2n) is 7.36. The van der Waals surface area contributed by atoms with E-state index in [4.69, 9.17) is 5.10 Å². The molecule has 2 N–H and O–H groups in total. The van der Waals surface area contributed by atoms with E-state index >= 15 is 0 Å². The minimum Gasteiger partial charge on any atom is -0.478 e. The van der Waals surface area contributed by atoms with E-state index in [9.17, 15) is 9.90 Å². The lowest BCUT2D eigenvalue weighted by molar-refractivity contribution is 0.0698. The summed E-state index contributed by atoms with van der Waals surface area (Å²) in [5.74, 6) is -0.989. The number of carbonyl (C=O) groups is 1. The molecule has 0 amide bonds. The van der Waals surface area contributed by atoms with E-state index in [1.54, 1.807) is 0 Å². The van der Waals surface area contributed by atoms with Crippen LogP contribution in [0.15, 0.2) is 66.9 Å². The predicted molar refractivity (Wildman–Crippen MR) is 122 cm³/mol. The molecule has 31 heavy (non-hydrogen) atoms. The number of aromatic amines is 1. The third-order valence-electron chi connectivity index (χ3n) is 5.54. The molecule has 2 aromatic carbocycles. The maximum atomic E-state index is 11.6. The van der Waals surface area contributed by atoms with E-state index in [0.717, 1.165) is 40.2 Å². The van der Waals surface area contributed by atoms with Gasteiger partial charge in [-0.3, -0.25) is 9.67 Å². The highest BCUT2D eigenvalue weighted by molar-refractivity contribution is 6.03. The Morgan fingerprint density at radius 3 is 2.65 bits per heavy atom. The zero-order chi connectivity index (χ0) is 21.5. The fourth-order valence-corrected chi connectivity index (χ4v) is 4.07. The van der Waals surface area contributed by atoms with Crippen LogP contribution in [0.2, 0.25) is 0 Å². The molecule has 0 radical (unpaired) electrons. The number of hydrogen-bond acceptors (Lipinski definition) is 4. The van der Waals surface area contributed by atoms with E-state index in [1.165, 1.54) is 12.3 Å². The number of rotatable bonds is 5. The van der Waals surface area contributed by atoms with Gasteiger partial charge in [-0.05, 0) is 49.4 Å². The Hall–Kier alpha value is -4.13. The van der Waals surface area contributed by atoms with Crippen LogP contribution in [0.5, 0.6) is 0 Å². The zero-order valence-electron chi connectivity index (χ0n) is 17.2. The lowest BCUT2D eigenvalue weighted by Crippen LogP contribution is -2.15. The number of hydrogen-bond donors (Lipinski definition) is 2. The molecule has 0 aliphatic rings. The molecule has 7 heteroatoms. The fourth-order valence-electron chi connectivity index (χ4n) is 4.07. The number of nitrogens with zero attached hydrogens (tertiary/aromatic N) is 4. The molecule has 0 bridgehead atoms. The molecular weight excluding hydrogens is 390 g/mol. The number of nitrogens with one attached hydrogen (secondary N) is 1. The molecule has 0 aliphatic heterocycles. The maximum absolute atomic E-state index is 11.6. The Morgan fingerprint density at radius 2 is 1.90 bits per heavy atom. The molecule has 0 fully saturated rings. The number of carboxylic acids is 1. The first-order valence-electron chi connectivity index (χ1n) is 10.1. The molecule has 3 aromatic heterocycles. The number of pyridine rings is 1. The van der Waals surface area contributed by atoms with E-state index in [-0.39, 0.29) is 5.56 Å². The average molecular weight is 411 g/mol. The van der Waals surface area contributed by atoms with E-state index in [1.807, 2.05) is 36.0 Å². The molecule has 154 valence electrons. The van der Waals surface area contributed by atoms with E-state index in [0.29, 0.717) is 11.0 Å². The maximum Gasteiger partial charge on any atom is 0.337 e. The lowest BCUT2D eigenvalue weighted by atomic mass is 10.1. The summed E-state index contributed by atoms with van der Waals surface area (Å²) in [4.78, 5) is 21.3. The first-order chi connectivity index (χ1) is 15.1. The van der Waals surface area contributed by atoms with Crippen LogP contribution in [0, 0.1) is 0 Å². The van der Waals surface area contributed by atoms with Gasteiger partial charge in [-0.1, -0.05) is 18.2 Å². The Kier molecular flexibility index (Phi) is 4.43. The van der Waals surface area contributed by atoms with Crippen molar-refractivity contribution >= 4 is 39.3 Å². The van der Waals surface area contributed by atoms with Crippen LogP contribution in [-0.4, -0.2) is 37.4 Å². The SMILES string of the molecule is CCN(c1ccccc1)c1ccc2c(-c3cc4nccc(C(=O)O)c4[nH]3)nn(C)c2c1. The first-order valence-corrected chi connectivity index (χ1v) is 10.1. The highest BCUT2D eigenvalue weighted by atomic mass is 16.4. The number of anilines is 2. The summed E-state index contributed by atoms with van der Waals surface area (Å²) in [6.45, 7) is 2.97. The third-order valence-corrected chi connectivity index (χ3v) is 5.54. The number of H-pyrrole nitrogens is 1. The van der Waals surface area contributed by atoms with Crippen LogP contribution in [0.3, 0.4) is 0 Å². The molecule has 0 atom stereocenters. The van der Waals surface area contributed by atoms with Crippen LogP contribution < -0.4 is 4.90 Å². The van der Waals surface area contributed by atoms with E-state index < -0.39 is 5.97 Å². The topological polar surface area (TPSA) is 87.0 Å². The van der Waals surface area contributed by atoms with Crippen molar-refractivity contribution in [2.75, 3.05) is 11.4 Å². The fraction of sp³-hybridized carbons (Fsp3) is 0.125. The van der Waals surface area contributed by atoms with Crippen molar-refractivity contribution in [1.29, 1.82) is 0 Å². The minimum atomic E-state index is -0.989. The Balaban J connectivity index is 1.63. The Morgan fingerprint density at radius 1 is 1.10 bits per heavy atom. The summed E-state index contributed by atoms with van der Waals surface area (Å²) in [6.07, 6.45) is 1.51. The van der Waals surface area contributed by atoms with Crippen molar-refractivity contribution in [2.45, 2.75) is 6.92 Å². The van der Waals surface area contributed by atoms with Gasteiger partial charge in [0.1, 0.15) is 5.69 Å². The number of para-hydroxylation sites is 1. The predicted octanol–water partition coefficient (Wildman–Crippen LogP) is 4.97. The second-order valence-corrected chi connectivity index (χ2v) is 7.36. The van der Waals surface area contributed by atoms with Gasteiger partial charge in [0.2, 0.25) is 0 Å². The van der Waals surface area contributed by atoms with Crippen molar-refractivity contribution in [3.63, 3.8) is 0 Å². The quantitative estimate of drug-likeness (QED) is 0.426.